The third-order valence-corrected chi connectivity index (χ3v) is 2.96. The molecule has 1 heterocycles. The highest BCUT2D eigenvalue weighted by molar-refractivity contribution is 5.94. The molecule has 0 aliphatic heterocycles. The molecule has 4 heteroatoms. The summed E-state index contributed by atoms with van der Waals surface area (Å²) < 4.78 is 4.81. The van der Waals surface area contributed by atoms with Gasteiger partial charge in [-0.15, -0.1) is 0 Å². The summed E-state index contributed by atoms with van der Waals surface area (Å²) in [7, 11) is 1.38. The molecule has 1 aromatic carbocycles. The van der Waals surface area contributed by atoms with Gasteiger partial charge in [-0.3, -0.25) is 0 Å². The lowest BCUT2D eigenvalue weighted by atomic mass is 10.1. The Labute approximate surface area is 112 Å². The van der Waals surface area contributed by atoms with Crippen LogP contribution >= 0.6 is 0 Å². The van der Waals surface area contributed by atoms with Crippen molar-refractivity contribution in [2.24, 2.45) is 0 Å². The van der Waals surface area contributed by atoms with Crippen molar-refractivity contribution in [3.8, 4) is 11.3 Å². The van der Waals surface area contributed by atoms with Crippen LogP contribution in [0.5, 0.6) is 0 Å². The topological polar surface area (TPSA) is 55.0 Å². The molecule has 1 aromatic heterocycles. The fourth-order valence-electron chi connectivity index (χ4n) is 1.94. The standard InChI is InChI=1S/C15H18N2O2/c1-3-4-10-12-16-13(11-8-6-5-7-9-11)14(17-12)15(18)19-2/h5-9H,3-4,10H2,1-2H3,(H,16,17). The molecule has 0 bridgehead atoms. The number of hydrogen-bond donors (Lipinski definition) is 1. The molecule has 2 aromatic rings. The van der Waals surface area contributed by atoms with E-state index in [0.29, 0.717) is 11.4 Å². The predicted octanol–water partition coefficient (Wildman–Crippen LogP) is 3.21. The molecule has 0 aliphatic carbocycles. The summed E-state index contributed by atoms with van der Waals surface area (Å²) in [4.78, 5) is 19.4. The van der Waals surface area contributed by atoms with Crippen molar-refractivity contribution in [3.05, 3.63) is 41.9 Å². The Morgan fingerprint density at radius 1 is 1.32 bits per heavy atom. The van der Waals surface area contributed by atoms with Crippen LogP contribution < -0.4 is 0 Å². The number of rotatable bonds is 5. The smallest absolute Gasteiger partial charge is 0.356 e. The summed E-state index contributed by atoms with van der Waals surface area (Å²) >= 11 is 0. The van der Waals surface area contributed by atoms with Gasteiger partial charge >= 0.3 is 5.97 Å². The van der Waals surface area contributed by atoms with Gasteiger partial charge in [0, 0.05) is 12.0 Å². The van der Waals surface area contributed by atoms with Gasteiger partial charge in [-0.1, -0.05) is 43.7 Å². The number of benzene rings is 1. The van der Waals surface area contributed by atoms with E-state index >= 15 is 0 Å². The van der Waals surface area contributed by atoms with Crippen LogP contribution in [0.2, 0.25) is 0 Å². The number of ether oxygens (including phenoxy) is 1. The van der Waals surface area contributed by atoms with Crippen LogP contribution in [0.15, 0.2) is 30.3 Å². The molecule has 0 fully saturated rings. The van der Waals surface area contributed by atoms with Gasteiger partial charge in [0.05, 0.1) is 7.11 Å². The second kappa shape index (κ2) is 6.18. The van der Waals surface area contributed by atoms with E-state index in [-0.39, 0.29) is 5.97 Å². The number of aromatic nitrogens is 2. The van der Waals surface area contributed by atoms with E-state index in [1.54, 1.807) is 0 Å². The molecule has 0 saturated heterocycles. The van der Waals surface area contributed by atoms with Gasteiger partial charge in [0.25, 0.3) is 0 Å². The third-order valence-electron chi connectivity index (χ3n) is 2.96. The summed E-state index contributed by atoms with van der Waals surface area (Å²) in [6, 6.07) is 9.66. The first-order valence-electron chi connectivity index (χ1n) is 6.49. The summed E-state index contributed by atoms with van der Waals surface area (Å²) in [5.41, 5.74) is 2.01. The maximum Gasteiger partial charge on any atom is 0.356 e. The maximum absolute atomic E-state index is 11.8. The highest BCUT2D eigenvalue weighted by Gasteiger charge is 2.18. The Hall–Kier alpha value is -2.10. The number of nitrogens with one attached hydrogen (secondary N) is 1. The molecular weight excluding hydrogens is 240 g/mol. The molecule has 2 rings (SSSR count). The van der Waals surface area contributed by atoms with Crippen LogP contribution in [0.4, 0.5) is 0 Å². The van der Waals surface area contributed by atoms with Gasteiger partial charge in [-0.05, 0) is 6.42 Å². The van der Waals surface area contributed by atoms with Crippen molar-refractivity contribution in [2.45, 2.75) is 26.2 Å². The first kappa shape index (κ1) is 13.3. The number of carbonyl (C=O) groups is 1. The largest absolute Gasteiger partial charge is 0.464 e. The molecule has 0 aliphatic rings. The fraction of sp³-hybridized carbons (Fsp3) is 0.333. The zero-order valence-corrected chi connectivity index (χ0v) is 11.3. The van der Waals surface area contributed by atoms with Crippen LogP contribution in [0.1, 0.15) is 36.1 Å². The molecule has 100 valence electrons. The number of imidazole rings is 1. The van der Waals surface area contributed by atoms with Crippen LogP contribution in [0.3, 0.4) is 0 Å². The van der Waals surface area contributed by atoms with Crippen LogP contribution in [0, 0.1) is 0 Å². The van der Waals surface area contributed by atoms with Crippen molar-refractivity contribution in [2.75, 3.05) is 7.11 Å². The molecule has 19 heavy (non-hydrogen) atoms. The molecule has 4 nitrogen and oxygen atoms in total. The Morgan fingerprint density at radius 3 is 2.68 bits per heavy atom. The molecule has 0 unspecified atom stereocenters. The highest BCUT2D eigenvalue weighted by Crippen LogP contribution is 2.22. The minimum Gasteiger partial charge on any atom is -0.464 e. The van der Waals surface area contributed by atoms with Crippen LogP contribution in [0.25, 0.3) is 11.3 Å². The Kier molecular flexibility index (Phi) is 4.34. The minimum atomic E-state index is -0.380. The number of unbranched alkanes of at least 4 members (excludes halogenated alkanes) is 1. The minimum absolute atomic E-state index is 0.380. The van der Waals surface area contributed by atoms with Gasteiger partial charge < -0.3 is 9.72 Å². The van der Waals surface area contributed by atoms with Crippen molar-refractivity contribution < 1.29 is 9.53 Å². The van der Waals surface area contributed by atoms with Crippen LogP contribution in [-0.4, -0.2) is 23.0 Å². The van der Waals surface area contributed by atoms with Gasteiger partial charge in [0.15, 0.2) is 5.69 Å². The number of H-pyrrole nitrogens is 1. The third kappa shape index (κ3) is 3.02. The molecule has 0 amide bonds. The van der Waals surface area contributed by atoms with Gasteiger partial charge in [0.2, 0.25) is 0 Å². The second-order valence-corrected chi connectivity index (χ2v) is 4.37. The Morgan fingerprint density at radius 2 is 2.05 bits per heavy atom. The number of nitrogens with zero attached hydrogens (tertiary/aromatic N) is 1. The summed E-state index contributed by atoms with van der Waals surface area (Å²) in [6.45, 7) is 2.13. The van der Waals surface area contributed by atoms with Gasteiger partial charge in [-0.2, -0.15) is 0 Å². The molecule has 0 saturated carbocycles. The van der Waals surface area contributed by atoms with E-state index < -0.39 is 0 Å². The van der Waals surface area contributed by atoms with Crippen molar-refractivity contribution in [1.82, 2.24) is 9.97 Å². The SMILES string of the molecule is CCCCc1nc(-c2ccccc2)c(C(=O)OC)[nH]1. The maximum atomic E-state index is 11.8. The Balaban J connectivity index is 2.40. The molecule has 0 spiro atoms. The lowest BCUT2D eigenvalue weighted by Gasteiger charge is -2.00. The van der Waals surface area contributed by atoms with E-state index in [0.717, 1.165) is 30.7 Å². The van der Waals surface area contributed by atoms with E-state index in [4.69, 9.17) is 4.74 Å². The second-order valence-electron chi connectivity index (χ2n) is 4.37. The first-order chi connectivity index (χ1) is 9.26. The number of hydrogen-bond acceptors (Lipinski definition) is 3. The number of carbonyl (C=O) groups excluding carboxylic acids is 1. The number of aryl methyl sites for hydroxylation is 1. The molecule has 0 radical (unpaired) electrons. The van der Waals surface area contributed by atoms with E-state index in [1.165, 1.54) is 7.11 Å². The number of methoxy groups -OCH3 is 1. The van der Waals surface area contributed by atoms with Crippen molar-refractivity contribution >= 4 is 5.97 Å². The zero-order valence-electron chi connectivity index (χ0n) is 11.3. The van der Waals surface area contributed by atoms with Crippen LogP contribution in [-0.2, 0) is 11.2 Å². The average Bonchev–Trinajstić information content (AvgIpc) is 2.89. The molecule has 1 N–H and O–H groups in total. The van der Waals surface area contributed by atoms with Gasteiger partial charge in [0.1, 0.15) is 11.5 Å². The van der Waals surface area contributed by atoms with Crippen molar-refractivity contribution in [1.29, 1.82) is 0 Å². The zero-order chi connectivity index (χ0) is 13.7. The summed E-state index contributed by atoms with van der Waals surface area (Å²) in [5.74, 6) is 0.454. The lowest BCUT2D eigenvalue weighted by molar-refractivity contribution is 0.0595. The van der Waals surface area contributed by atoms with Gasteiger partial charge in [-0.25, -0.2) is 9.78 Å². The fourth-order valence-corrected chi connectivity index (χ4v) is 1.94. The molecular formula is C15H18N2O2. The lowest BCUT2D eigenvalue weighted by Crippen LogP contribution is -2.03. The number of esters is 1. The van der Waals surface area contributed by atoms with Crippen molar-refractivity contribution in [3.63, 3.8) is 0 Å². The summed E-state index contributed by atoms with van der Waals surface area (Å²) in [5, 5.41) is 0. The highest BCUT2D eigenvalue weighted by atomic mass is 16.5. The molecule has 0 atom stereocenters. The van der Waals surface area contributed by atoms with E-state index in [9.17, 15) is 4.79 Å². The van der Waals surface area contributed by atoms with E-state index in [2.05, 4.69) is 16.9 Å². The predicted molar refractivity (Wildman–Crippen MR) is 74.0 cm³/mol. The average molecular weight is 258 g/mol. The summed E-state index contributed by atoms with van der Waals surface area (Å²) in [6.07, 6.45) is 2.98. The first-order valence-corrected chi connectivity index (χ1v) is 6.49. The quantitative estimate of drug-likeness (QED) is 0.838. The number of aromatic amines is 1. The Bertz CT molecular complexity index is 547. The monoisotopic (exact) mass is 258 g/mol. The van der Waals surface area contributed by atoms with E-state index in [1.807, 2.05) is 30.3 Å². The normalized spacial score (nSPS) is 10.4.